The van der Waals surface area contributed by atoms with Crippen LogP contribution in [0.2, 0.25) is 0 Å². The van der Waals surface area contributed by atoms with E-state index in [2.05, 4.69) is 42.7 Å². The first-order chi connectivity index (χ1) is 15.1. The Morgan fingerprint density at radius 2 is 1.84 bits per heavy atom. The minimum atomic E-state index is -0.708. The second-order valence-corrected chi connectivity index (χ2v) is 7.83. The monoisotopic (exact) mass is 422 g/mol. The van der Waals surface area contributed by atoms with Crippen molar-refractivity contribution in [1.82, 2.24) is 25.3 Å². The first-order valence-corrected chi connectivity index (χ1v) is 10.5. The van der Waals surface area contributed by atoms with E-state index in [1.165, 1.54) is 5.56 Å². The number of carbonyl (C=O) groups is 1. The Bertz CT molecular complexity index is 1110. The highest BCUT2D eigenvalue weighted by atomic mass is 16.2. The maximum absolute atomic E-state index is 12.9. The predicted octanol–water partition coefficient (Wildman–Crippen LogP) is 1.90. The second kappa shape index (κ2) is 9.46. The molecule has 2 heterocycles. The number of amides is 1. The van der Waals surface area contributed by atoms with Gasteiger partial charge in [-0.3, -0.25) is 14.6 Å². The average molecular weight is 422 g/mol. The number of H-pyrrole nitrogens is 3. The third-order valence-corrected chi connectivity index (χ3v) is 5.74. The molecule has 0 bridgehead atoms. The Morgan fingerprint density at radius 1 is 1.06 bits per heavy atom. The van der Waals surface area contributed by atoms with E-state index in [4.69, 9.17) is 0 Å². The van der Waals surface area contributed by atoms with Crippen LogP contribution >= 0.6 is 0 Å². The van der Waals surface area contributed by atoms with Crippen LogP contribution in [0.1, 0.15) is 53.3 Å². The Kier molecular flexibility index (Phi) is 6.30. The van der Waals surface area contributed by atoms with E-state index in [1.54, 1.807) is 12.5 Å². The number of nitrogens with zero attached hydrogens (tertiary/aromatic N) is 1. The normalized spacial score (nSPS) is 18.5. The van der Waals surface area contributed by atoms with E-state index in [0.717, 1.165) is 31.4 Å². The molecule has 1 aliphatic rings. The fourth-order valence-electron chi connectivity index (χ4n) is 4.12. The largest absolute Gasteiger partial charge is 0.378 e. The number of hydrogen-bond acceptors (Lipinski definition) is 5. The summed E-state index contributed by atoms with van der Waals surface area (Å²) in [6.45, 7) is 0.391. The second-order valence-electron chi connectivity index (χ2n) is 7.83. The van der Waals surface area contributed by atoms with E-state index in [1.807, 2.05) is 18.2 Å². The van der Waals surface area contributed by atoms with Gasteiger partial charge in [-0.2, -0.15) is 0 Å². The summed E-state index contributed by atoms with van der Waals surface area (Å²) in [6.07, 6.45) is 7.56. The van der Waals surface area contributed by atoms with Gasteiger partial charge in [0, 0.05) is 25.2 Å². The fraction of sp³-hybridized carbons (Fsp3) is 0.364. The van der Waals surface area contributed by atoms with Gasteiger partial charge in [0.25, 0.3) is 11.5 Å². The minimum Gasteiger partial charge on any atom is -0.378 e. The van der Waals surface area contributed by atoms with Crippen molar-refractivity contribution in [2.75, 3.05) is 11.9 Å². The summed E-state index contributed by atoms with van der Waals surface area (Å²) >= 11 is 0. The average Bonchev–Trinajstić information content (AvgIpc) is 3.29. The van der Waals surface area contributed by atoms with E-state index < -0.39 is 17.2 Å². The number of carbonyl (C=O) groups excluding carboxylic acids is 1. The van der Waals surface area contributed by atoms with Crippen molar-refractivity contribution in [3.8, 4) is 0 Å². The zero-order valence-corrected chi connectivity index (χ0v) is 17.1. The summed E-state index contributed by atoms with van der Waals surface area (Å²) < 4.78 is 0. The van der Waals surface area contributed by atoms with Gasteiger partial charge in [-0.1, -0.05) is 30.3 Å². The number of aromatic nitrogens is 4. The molecule has 1 saturated carbocycles. The van der Waals surface area contributed by atoms with Gasteiger partial charge < -0.3 is 20.6 Å². The van der Waals surface area contributed by atoms with Gasteiger partial charge in [-0.15, -0.1) is 0 Å². The number of nitrogens with one attached hydrogen (secondary N) is 5. The molecule has 1 aromatic carbocycles. The predicted molar refractivity (Wildman–Crippen MR) is 117 cm³/mol. The Labute approximate surface area is 178 Å². The molecule has 0 aliphatic heterocycles. The number of benzene rings is 1. The van der Waals surface area contributed by atoms with Crippen LogP contribution in [0.15, 0.2) is 52.4 Å². The van der Waals surface area contributed by atoms with Gasteiger partial charge >= 0.3 is 5.69 Å². The van der Waals surface area contributed by atoms with Crippen LogP contribution in [0, 0.1) is 0 Å². The van der Waals surface area contributed by atoms with Crippen LogP contribution in [0.4, 0.5) is 5.69 Å². The molecule has 4 rings (SSSR count). The third kappa shape index (κ3) is 5.11. The Balaban J connectivity index is 1.39. The standard InChI is InChI=1S/C22H26N6O3/c29-20-18(24-11-10-17-12-23-13-25-17)19(27-22(31)28-20)21(30)26-16-8-6-15(7-9-16)14-4-2-1-3-5-14/h1-5,12-13,15-16,24H,6-11H2,(H,23,25)(H,26,30)(H2,27,28,29,31). The van der Waals surface area contributed by atoms with E-state index in [0.29, 0.717) is 18.9 Å². The van der Waals surface area contributed by atoms with Crippen LogP contribution in [0.3, 0.4) is 0 Å². The highest BCUT2D eigenvalue weighted by molar-refractivity contribution is 5.97. The molecule has 9 nitrogen and oxygen atoms in total. The van der Waals surface area contributed by atoms with Crippen molar-refractivity contribution in [2.45, 2.75) is 44.1 Å². The maximum atomic E-state index is 12.9. The zero-order valence-electron chi connectivity index (χ0n) is 17.1. The number of rotatable bonds is 7. The molecule has 5 N–H and O–H groups in total. The lowest BCUT2D eigenvalue weighted by molar-refractivity contribution is 0.0921. The summed E-state index contributed by atoms with van der Waals surface area (Å²) in [7, 11) is 0. The summed E-state index contributed by atoms with van der Waals surface area (Å²) in [5.74, 6) is 0.0432. The quantitative estimate of drug-likeness (QED) is 0.396. The third-order valence-electron chi connectivity index (χ3n) is 5.74. The first kappa shape index (κ1) is 20.6. The lowest BCUT2D eigenvalue weighted by Gasteiger charge is -2.29. The zero-order chi connectivity index (χ0) is 21.6. The molecule has 1 amide bonds. The van der Waals surface area contributed by atoms with Crippen LogP contribution in [0.25, 0.3) is 0 Å². The minimum absolute atomic E-state index is 0.00663. The summed E-state index contributed by atoms with van der Waals surface area (Å²) in [4.78, 5) is 48.6. The molecule has 162 valence electrons. The first-order valence-electron chi connectivity index (χ1n) is 10.5. The van der Waals surface area contributed by atoms with E-state index in [9.17, 15) is 14.4 Å². The summed E-state index contributed by atoms with van der Waals surface area (Å²) in [6, 6.07) is 10.4. The molecule has 0 saturated heterocycles. The molecule has 3 aromatic rings. The van der Waals surface area contributed by atoms with Crippen molar-refractivity contribution in [3.05, 3.63) is 80.6 Å². The molecule has 0 unspecified atom stereocenters. The summed E-state index contributed by atoms with van der Waals surface area (Å²) in [5.41, 5.74) is 0.847. The topological polar surface area (TPSA) is 136 Å². The van der Waals surface area contributed by atoms with Gasteiger partial charge in [0.15, 0.2) is 0 Å². The lowest BCUT2D eigenvalue weighted by Crippen LogP contribution is -2.40. The van der Waals surface area contributed by atoms with Crippen LogP contribution in [0.5, 0.6) is 0 Å². The van der Waals surface area contributed by atoms with Crippen molar-refractivity contribution in [2.24, 2.45) is 0 Å². The van der Waals surface area contributed by atoms with Gasteiger partial charge in [0.05, 0.1) is 12.0 Å². The molecular formula is C22H26N6O3. The molecule has 9 heteroatoms. The Morgan fingerprint density at radius 3 is 2.55 bits per heavy atom. The molecule has 31 heavy (non-hydrogen) atoms. The smallest absolute Gasteiger partial charge is 0.326 e. The number of hydrogen-bond donors (Lipinski definition) is 5. The van der Waals surface area contributed by atoms with Gasteiger partial charge in [0.2, 0.25) is 0 Å². The SMILES string of the molecule is O=C(NC1CCC(c2ccccc2)CC1)c1[nH]c(=O)[nH]c(=O)c1NCCc1c[nH]cn1. The molecule has 1 fully saturated rings. The van der Waals surface area contributed by atoms with Crippen LogP contribution in [-0.2, 0) is 6.42 Å². The van der Waals surface area contributed by atoms with Crippen molar-refractivity contribution in [1.29, 1.82) is 0 Å². The number of anilines is 1. The number of aromatic amines is 3. The van der Waals surface area contributed by atoms with Gasteiger partial charge in [-0.25, -0.2) is 9.78 Å². The summed E-state index contributed by atoms with van der Waals surface area (Å²) in [5, 5.41) is 5.95. The molecule has 0 radical (unpaired) electrons. The van der Waals surface area contributed by atoms with Crippen LogP contribution < -0.4 is 21.9 Å². The van der Waals surface area contributed by atoms with Crippen molar-refractivity contribution in [3.63, 3.8) is 0 Å². The highest BCUT2D eigenvalue weighted by Crippen LogP contribution is 2.32. The molecule has 0 atom stereocenters. The Hall–Kier alpha value is -3.62. The lowest BCUT2D eigenvalue weighted by atomic mass is 9.82. The van der Waals surface area contributed by atoms with Crippen LogP contribution in [-0.4, -0.2) is 38.4 Å². The molecule has 0 spiro atoms. The molecule has 2 aromatic heterocycles. The van der Waals surface area contributed by atoms with E-state index >= 15 is 0 Å². The number of imidazole rings is 1. The van der Waals surface area contributed by atoms with E-state index in [-0.39, 0.29) is 17.4 Å². The van der Waals surface area contributed by atoms with Crippen molar-refractivity contribution < 1.29 is 4.79 Å². The maximum Gasteiger partial charge on any atom is 0.326 e. The van der Waals surface area contributed by atoms with Gasteiger partial charge in [-0.05, 0) is 37.2 Å². The molecular weight excluding hydrogens is 396 g/mol. The molecule has 1 aliphatic carbocycles. The fourth-order valence-corrected chi connectivity index (χ4v) is 4.12. The highest BCUT2D eigenvalue weighted by Gasteiger charge is 2.25. The van der Waals surface area contributed by atoms with Gasteiger partial charge in [0.1, 0.15) is 11.4 Å². The van der Waals surface area contributed by atoms with Crippen molar-refractivity contribution >= 4 is 11.6 Å².